The highest BCUT2D eigenvalue weighted by Gasteiger charge is 2.11. The van der Waals surface area contributed by atoms with Gasteiger partial charge in [-0.25, -0.2) is 0 Å². The van der Waals surface area contributed by atoms with Crippen LogP contribution >= 0.6 is 23.1 Å². The summed E-state index contributed by atoms with van der Waals surface area (Å²) in [7, 11) is 0. The summed E-state index contributed by atoms with van der Waals surface area (Å²) in [5.41, 5.74) is 1.67. The van der Waals surface area contributed by atoms with Crippen molar-refractivity contribution in [3.8, 4) is 6.01 Å². The molecule has 0 bridgehead atoms. The van der Waals surface area contributed by atoms with Gasteiger partial charge in [-0.15, -0.1) is 10.2 Å². The summed E-state index contributed by atoms with van der Waals surface area (Å²) in [5.74, 6) is 0.500. The Morgan fingerprint density at radius 1 is 1.37 bits per heavy atom. The average Bonchev–Trinajstić information content (AvgIpc) is 2.81. The van der Waals surface area contributed by atoms with E-state index in [4.69, 9.17) is 4.74 Å². The van der Waals surface area contributed by atoms with Crippen LogP contribution in [0.4, 0.5) is 5.95 Å². The molecule has 102 valence electrons. The van der Waals surface area contributed by atoms with Crippen LogP contribution in [0.25, 0.3) is 0 Å². The first-order valence-electron chi connectivity index (χ1n) is 5.78. The molecule has 0 aromatic carbocycles. The van der Waals surface area contributed by atoms with Gasteiger partial charge >= 0.3 is 6.01 Å². The maximum absolute atomic E-state index is 5.51. The summed E-state index contributed by atoms with van der Waals surface area (Å²) in [5, 5.41) is 11.3. The zero-order valence-electron chi connectivity index (χ0n) is 10.8. The highest BCUT2D eigenvalue weighted by molar-refractivity contribution is 8.00. The molecule has 2 aromatic heterocycles. The van der Waals surface area contributed by atoms with Crippen LogP contribution in [-0.4, -0.2) is 37.8 Å². The summed E-state index contributed by atoms with van der Waals surface area (Å²) in [4.78, 5) is 12.7. The van der Waals surface area contributed by atoms with Crippen molar-refractivity contribution in [2.75, 3.05) is 11.9 Å². The lowest BCUT2D eigenvalue weighted by molar-refractivity contribution is 0.219. The van der Waals surface area contributed by atoms with Crippen molar-refractivity contribution in [3.63, 3.8) is 0 Å². The molecular formula is C10H14N6OS2. The first-order valence-corrected chi connectivity index (χ1v) is 7.47. The molecule has 1 N–H and O–H groups in total. The number of ether oxygens (including phenoxy) is 1. The van der Waals surface area contributed by atoms with Gasteiger partial charge in [0, 0.05) is 6.54 Å². The van der Waals surface area contributed by atoms with E-state index in [1.165, 1.54) is 23.1 Å². The summed E-state index contributed by atoms with van der Waals surface area (Å²) in [6.45, 7) is 6.56. The van der Waals surface area contributed by atoms with Gasteiger partial charge in [-0.2, -0.15) is 15.0 Å². The molecule has 0 aliphatic carbocycles. The van der Waals surface area contributed by atoms with E-state index >= 15 is 0 Å². The Kier molecular flexibility index (Phi) is 4.86. The number of nitrogens with zero attached hydrogens (tertiary/aromatic N) is 5. The zero-order chi connectivity index (χ0) is 13.7. The first kappa shape index (κ1) is 13.9. The second-order valence-electron chi connectivity index (χ2n) is 3.73. The van der Waals surface area contributed by atoms with Gasteiger partial charge in [0.15, 0.2) is 4.34 Å². The van der Waals surface area contributed by atoms with Crippen molar-refractivity contribution in [2.45, 2.75) is 36.4 Å². The number of rotatable bonds is 6. The zero-order valence-corrected chi connectivity index (χ0v) is 12.5. The van der Waals surface area contributed by atoms with E-state index in [2.05, 4.69) is 30.5 Å². The van der Waals surface area contributed by atoms with E-state index in [1.54, 1.807) is 5.51 Å². The standard InChI is InChI=1S/C10H14N6OS2/c1-4-11-7-13-8(17-6(2)3)15-9(14-7)19-10-16-12-5-18-10/h5-6H,4H2,1-3H3,(H,11,13,14,15). The Hall–Kier alpha value is -1.48. The third-order valence-electron chi connectivity index (χ3n) is 1.79. The molecule has 0 aliphatic heterocycles. The number of hydrogen-bond donors (Lipinski definition) is 1. The highest BCUT2D eigenvalue weighted by Crippen LogP contribution is 2.27. The maximum atomic E-state index is 5.51. The molecule has 9 heteroatoms. The predicted molar refractivity (Wildman–Crippen MR) is 73.8 cm³/mol. The van der Waals surface area contributed by atoms with Crippen LogP contribution in [-0.2, 0) is 0 Å². The molecule has 0 atom stereocenters. The molecule has 0 aliphatic rings. The lowest BCUT2D eigenvalue weighted by Gasteiger charge is -2.09. The normalized spacial score (nSPS) is 10.7. The monoisotopic (exact) mass is 298 g/mol. The van der Waals surface area contributed by atoms with Gasteiger partial charge in [-0.1, -0.05) is 11.3 Å². The lowest BCUT2D eigenvalue weighted by atomic mass is 10.5. The Bertz CT molecular complexity index is 519. The molecule has 0 unspecified atom stereocenters. The Labute approximate surface area is 119 Å². The summed E-state index contributed by atoms with van der Waals surface area (Å²) in [6, 6.07) is 0.313. The van der Waals surface area contributed by atoms with Gasteiger partial charge < -0.3 is 10.1 Å². The Morgan fingerprint density at radius 3 is 2.84 bits per heavy atom. The first-order chi connectivity index (χ1) is 9.17. The van der Waals surface area contributed by atoms with Crippen molar-refractivity contribution >= 4 is 29.0 Å². The molecule has 2 rings (SSSR count). The van der Waals surface area contributed by atoms with Gasteiger partial charge in [0.25, 0.3) is 0 Å². The van der Waals surface area contributed by atoms with Gasteiger partial charge in [0.2, 0.25) is 11.1 Å². The van der Waals surface area contributed by atoms with Crippen LogP contribution < -0.4 is 10.1 Å². The Morgan fingerprint density at radius 2 is 2.21 bits per heavy atom. The van der Waals surface area contributed by atoms with Crippen molar-refractivity contribution in [1.29, 1.82) is 0 Å². The van der Waals surface area contributed by atoms with Crippen molar-refractivity contribution < 1.29 is 4.74 Å². The fourth-order valence-electron chi connectivity index (χ4n) is 1.17. The average molecular weight is 298 g/mol. The molecule has 19 heavy (non-hydrogen) atoms. The third-order valence-corrected chi connectivity index (χ3v) is 3.43. The summed E-state index contributed by atoms with van der Waals surface area (Å²) >= 11 is 2.77. The van der Waals surface area contributed by atoms with E-state index in [0.717, 1.165) is 10.9 Å². The molecule has 0 amide bonds. The van der Waals surface area contributed by atoms with Crippen LogP contribution in [0.3, 0.4) is 0 Å². The number of aromatic nitrogens is 5. The fourth-order valence-corrected chi connectivity index (χ4v) is 2.49. The van der Waals surface area contributed by atoms with Gasteiger partial charge in [0.1, 0.15) is 5.51 Å². The van der Waals surface area contributed by atoms with E-state index in [-0.39, 0.29) is 6.10 Å². The van der Waals surface area contributed by atoms with Crippen LogP contribution in [0, 0.1) is 0 Å². The predicted octanol–water partition coefficient (Wildman–Crippen LogP) is 2.09. The quantitative estimate of drug-likeness (QED) is 0.867. The minimum absolute atomic E-state index is 0.0104. The minimum Gasteiger partial charge on any atom is -0.461 e. The summed E-state index contributed by atoms with van der Waals surface area (Å²) in [6.07, 6.45) is 0.0104. The van der Waals surface area contributed by atoms with Crippen molar-refractivity contribution in [3.05, 3.63) is 5.51 Å². The number of hydrogen-bond acceptors (Lipinski definition) is 9. The van der Waals surface area contributed by atoms with Gasteiger partial charge in [0.05, 0.1) is 6.10 Å². The lowest BCUT2D eigenvalue weighted by Crippen LogP contribution is -2.11. The molecule has 7 nitrogen and oxygen atoms in total. The second-order valence-corrected chi connectivity index (χ2v) is 5.78. The van der Waals surface area contributed by atoms with E-state index < -0.39 is 0 Å². The fraction of sp³-hybridized carbons (Fsp3) is 0.500. The van der Waals surface area contributed by atoms with Crippen molar-refractivity contribution in [2.24, 2.45) is 0 Å². The molecule has 2 heterocycles. The number of anilines is 1. The number of nitrogens with one attached hydrogen (secondary N) is 1. The molecule has 0 fully saturated rings. The maximum Gasteiger partial charge on any atom is 0.322 e. The molecule has 0 saturated carbocycles. The molecule has 2 aromatic rings. The van der Waals surface area contributed by atoms with Crippen LogP contribution in [0.5, 0.6) is 6.01 Å². The van der Waals surface area contributed by atoms with Crippen molar-refractivity contribution in [1.82, 2.24) is 25.1 Å². The largest absolute Gasteiger partial charge is 0.461 e. The van der Waals surface area contributed by atoms with Crippen LogP contribution in [0.1, 0.15) is 20.8 Å². The van der Waals surface area contributed by atoms with Gasteiger partial charge in [-0.05, 0) is 32.5 Å². The Balaban J connectivity index is 2.22. The van der Waals surface area contributed by atoms with Gasteiger partial charge in [-0.3, -0.25) is 0 Å². The van der Waals surface area contributed by atoms with Crippen LogP contribution in [0.15, 0.2) is 15.0 Å². The molecule has 0 spiro atoms. The highest BCUT2D eigenvalue weighted by atomic mass is 32.2. The van der Waals surface area contributed by atoms with E-state index in [0.29, 0.717) is 17.1 Å². The molecular weight excluding hydrogens is 284 g/mol. The van der Waals surface area contributed by atoms with E-state index in [1.807, 2.05) is 20.8 Å². The molecule has 0 radical (unpaired) electrons. The topological polar surface area (TPSA) is 85.7 Å². The van der Waals surface area contributed by atoms with Crippen LogP contribution in [0.2, 0.25) is 0 Å². The molecule has 0 saturated heterocycles. The third kappa shape index (κ3) is 4.28. The van der Waals surface area contributed by atoms with E-state index in [9.17, 15) is 0 Å². The second kappa shape index (κ2) is 6.62. The summed E-state index contributed by atoms with van der Waals surface area (Å²) < 4.78 is 6.29. The SMILES string of the molecule is CCNc1nc(OC(C)C)nc(Sc2nncs2)n1. The minimum atomic E-state index is 0.0104. The smallest absolute Gasteiger partial charge is 0.322 e.